The van der Waals surface area contributed by atoms with Crippen molar-refractivity contribution in [3.63, 3.8) is 0 Å². The third kappa shape index (κ3) is 5.25. The third-order valence-electron chi connectivity index (χ3n) is 3.75. The molecule has 0 aromatic heterocycles. The van der Waals surface area contributed by atoms with E-state index in [1.807, 2.05) is 72.8 Å². The maximum absolute atomic E-state index is 6.18. The number of hydrogen-bond donors (Lipinski definition) is 1. The second-order valence-electron chi connectivity index (χ2n) is 5.64. The van der Waals surface area contributed by atoms with E-state index in [1.54, 1.807) is 6.21 Å². The molecule has 0 unspecified atom stereocenters. The molecule has 0 saturated carbocycles. The Morgan fingerprint density at radius 3 is 2.42 bits per heavy atom. The van der Waals surface area contributed by atoms with Gasteiger partial charge in [0.2, 0.25) is 0 Å². The summed E-state index contributed by atoms with van der Waals surface area (Å²) in [5, 5.41) is 5.70. The maximum Gasteiger partial charge on any atom is 0.128 e. The fraction of sp³-hybridized carbons (Fsp3) is 0.0952. The quantitative estimate of drug-likeness (QED) is 0.418. The molecule has 0 spiro atoms. The number of hydrazone groups is 1. The molecule has 3 aromatic carbocycles. The Labute approximate surface area is 163 Å². The number of nitrogens with zero attached hydrogens (tertiary/aromatic N) is 1. The number of nitrogens with one attached hydrogen (secondary N) is 1. The molecule has 0 radical (unpaired) electrons. The van der Waals surface area contributed by atoms with Crippen LogP contribution in [-0.4, -0.2) is 6.21 Å². The van der Waals surface area contributed by atoms with Gasteiger partial charge in [0.15, 0.2) is 0 Å². The number of hydrogen-bond acceptors (Lipinski definition) is 3. The molecule has 1 N–H and O–H groups in total. The van der Waals surface area contributed by atoms with Crippen LogP contribution in [0.15, 0.2) is 77.9 Å². The molecule has 0 fully saturated rings. The zero-order chi connectivity index (χ0) is 18.2. The highest BCUT2D eigenvalue weighted by Crippen LogP contribution is 2.21. The first kappa shape index (κ1) is 18.3. The van der Waals surface area contributed by atoms with Gasteiger partial charge in [-0.25, -0.2) is 0 Å². The lowest BCUT2D eigenvalue weighted by Crippen LogP contribution is -2.06. The van der Waals surface area contributed by atoms with Gasteiger partial charge in [-0.15, -0.1) is 0 Å². The minimum atomic E-state index is 0.405. The van der Waals surface area contributed by atoms with Crippen LogP contribution in [0.3, 0.4) is 0 Å². The molecule has 0 atom stereocenters. The van der Waals surface area contributed by atoms with Gasteiger partial charge in [-0.05, 0) is 35.9 Å². The van der Waals surface area contributed by atoms with E-state index in [1.165, 1.54) is 0 Å². The van der Waals surface area contributed by atoms with Crippen molar-refractivity contribution in [2.24, 2.45) is 5.10 Å². The van der Waals surface area contributed by atoms with Crippen molar-refractivity contribution in [2.45, 2.75) is 13.2 Å². The summed E-state index contributed by atoms with van der Waals surface area (Å²) in [4.78, 5) is 0. The second-order valence-corrected chi connectivity index (χ2v) is 6.48. The molecule has 0 aliphatic heterocycles. The van der Waals surface area contributed by atoms with Crippen molar-refractivity contribution in [3.8, 4) is 5.75 Å². The first-order valence-electron chi connectivity index (χ1n) is 8.18. The van der Waals surface area contributed by atoms with E-state index in [2.05, 4.69) is 10.5 Å². The monoisotopic (exact) mass is 384 g/mol. The smallest absolute Gasteiger partial charge is 0.128 e. The molecule has 3 aromatic rings. The number of benzene rings is 3. The lowest BCUT2D eigenvalue weighted by molar-refractivity contribution is 0.306. The fourth-order valence-electron chi connectivity index (χ4n) is 2.34. The van der Waals surface area contributed by atoms with Gasteiger partial charge in [0.25, 0.3) is 0 Å². The molecule has 26 heavy (non-hydrogen) atoms. The summed E-state index contributed by atoms with van der Waals surface area (Å²) in [5.41, 5.74) is 5.97. The Morgan fingerprint density at radius 2 is 1.62 bits per heavy atom. The van der Waals surface area contributed by atoms with Gasteiger partial charge in [0.05, 0.1) is 12.8 Å². The first-order valence-corrected chi connectivity index (χ1v) is 8.93. The van der Waals surface area contributed by atoms with E-state index in [9.17, 15) is 0 Å². The summed E-state index contributed by atoms with van der Waals surface area (Å²) in [5.74, 6) is 0.754. The maximum atomic E-state index is 6.18. The van der Waals surface area contributed by atoms with Crippen LogP contribution in [0.4, 0.5) is 0 Å². The normalized spacial score (nSPS) is 10.8. The molecular weight excluding hydrogens is 367 g/mol. The number of rotatable bonds is 7. The van der Waals surface area contributed by atoms with Gasteiger partial charge >= 0.3 is 0 Å². The van der Waals surface area contributed by atoms with E-state index in [4.69, 9.17) is 27.9 Å². The minimum absolute atomic E-state index is 0.405. The Hall–Kier alpha value is -2.49. The predicted molar refractivity (Wildman–Crippen MR) is 108 cm³/mol. The van der Waals surface area contributed by atoms with Gasteiger partial charge in [-0.2, -0.15) is 5.10 Å². The van der Waals surface area contributed by atoms with Crippen molar-refractivity contribution in [2.75, 3.05) is 0 Å². The van der Waals surface area contributed by atoms with Crippen molar-refractivity contribution in [1.82, 2.24) is 5.43 Å². The Morgan fingerprint density at radius 1 is 0.885 bits per heavy atom. The molecule has 0 saturated heterocycles. The zero-order valence-corrected chi connectivity index (χ0v) is 15.5. The Balaban J connectivity index is 1.59. The summed E-state index contributed by atoms with van der Waals surface area (Å²) in [6, 6.07) is 23.0. The highest BCUT2D eigenvalue weighted by atomic mass is 35.5. The van der Waals surface area contributed by atoms with Crippen molar-refractivity contribution in [3.05, 3.63) is 99.5 Å². The lowest BCUT2D eigenvalue weighted by Gasteiger charge is -2.10. The number of ether oxygens (including phenoxy) is 1. The Kier molecular flexibility index (Phi) is 6.53. The zero-order valence-electron chi connectivity index (χ0n) is 14.0. The molecular formula is C21H18Cl2N2O. The summed E-state index contributed by atoms with van der Waals surface area (Å²) < 4.78 is 5.91. The van der Waals surface area contributed by atoms with Gasteiger partial charge in [-0.3, -0.25) is 0 Å². The molecule has 5 heteroatoms. The second kappa shape index (κ2) is 9.27. The van der Waals surface area contributed by atoms with Crippen molar-refractivity contribution >= 4 is 29.4 Å². The van der Waals surface area contributed by atoms with Gasteiger partial charge < -0.3 is 10.2 Å². The van der Waals surface area contributed by atoms with Gasteiger partial charge in [0, 0.05) is 21.2 Å². The van der Waals surface area contributed by atoms with E-state index < -0.39 is 0 Å². The molecule has 3 rings (SSSR count). The van der Waals surface area contributed by atoms with Crippen LogP contribution in [0.25, 0.3) is 0 Å². The van der Waals surface area contributed by atoms with Crippen LogP contribution in [0.1, 0.15) is 16.7 Å². The SMILES string of the molecule is Clc1ccc(CN/N=C\c2ccccc2OCc2ccccc2Cl)cc1. The average molecular weight is 385 g/mol. The Bertz CT molecular complexity index is 879. The van der Waals surface area contributed by atoms with Crippen LogP contribution >= 0.6 is 23.2 Å². The van der Waals surface area contributed by atoms with E-state index in [-0.39, 0.29) is 0 Å². The molecule has 0 aliphatic carbocycles. The molecule has 0 amide bonds. The highest BCUT2D eigenvalue weighted by molar-refractivity contribution is 6.31. The summed E-state index contributed by atoms with van der Waals surface area (Å²) in [6.07, 6.45) is 1.75. The topological polar surface area (TPSA) is 33.6 Å². The van der Waals surface area contributed by atoms with Gasteiger partial charge in [0.1, 0.15) is 12.4 Å². The average Bonchev–Trinajstić information content (AvgIpc) is 2.67. The standard InChI is InChI=1S/C21H18Cl2N2O/c22-19-11-9-16(10-12-19)13-24-25-14-17-5-2-4-8-21(17)26-15-18-6-1-3-7-20(18)23/h1-12,14,24H,13,15H2/b25-14-. The molecule has 0 bridgehead atoms. The van der Waals surface area contributed by atoms with Gasteiger partial charge in [-0.1, -0.05) is 65.7 Å². The van der Waals surface area contributed by atoms with E-state index in [0.29, 0.717) is 18.2 Å². The molecule has 3 nitrogen and oxygen atoms in total. The van der Waals surface area contributed by atoms with Crippen molar-refractivity contribution in [1.29, 1.82) is 0 Å². The van der Waals surface area contributed by atoms with Crippen LogP contribution in [-0.2, 0) is 13.2 Å². The largest absolute Gasteiger partial charge is 0.488 e. The van der Waals surface area contributed by atoms with Crippen molar-refractivity contribution < 1.29 is 4.74 Å². The predicted octanol–water partition coefficient (Wildman–Crippen LogP) is 5.70. The molecule has 0 aliphatic rings. The molecule has 0 heterocycles. The van der Waals surface area contributed by atoms with Crippen LogP contribution < -0.4 is 10.2 Å². The van der Waals surface area contributed by atoms with Crippen LogP contribution in [0.2, 0.25) is 10.0 Å². The fourth-order valence-corrected chi connectivity index (χ4v) is 2.66. The lowest BCUT2D eigenvalue weighted by atomic mass is 10.2. The van der Waals surface area contributed by atoms with Crippen LogP contribution in [0, 0.1) is 0 Å². The van der Waals surface area contributed by atoms with Crippen LogP contribution in [0.5, 0.6) is 5.75 Å². The van der Waals surface area contributed by atoms with E-state index in [0.717, 1.165) is 27.5 Å². The number of para-hydroxylation sites is 1. The summed E-state index contributed by atoms with van der Waals surface area (Å²) in [7, 11) is 0. The molecule has 132 valence electrons. The highest BCUT2D eigenvalue weighted by Gasteiger charge is 2.03. The summed E-state index contributed by atoms with van der Waals surface area (Å²) >= 11 is 12.1. The first-order chi connectivity index (χ1) is 12.7. The number of halogens is 2. The third-order valence-corrected chi connectivity index (χ3v) is 4.37. The van der Waals surface area contributed by atoms with E-state index >= 15 is 0 Å². The summed E-state index contributed by atoms with van der Waals surface area (Å²) in [6.45, 7) is 1.03. The minimum Gasteiger partial charge on any atom is -0.488 e.